The van der Waals surface area contributed by atoms with Gasteiger partial charge in [-0.25, -0.2) is 4.98 Å². The summed E-state index contributed by atoms with van der Waals surface area (Å²) < 4.78 is 0. The molecule has 0 bridgehead atoms. The van der Waals surface area contributed by atoms with Crippen molar-refractivity contribution < 1.29 is 9.59 Å². The SMILES string of the molecule is CSCCC(NC(=O)c1ccccc1)C(=O)NCc1ccnc(N2CCCC2)c1. The van der Waals surface area contributed by atoms with Gasteiger partial charge >= 0.3 is 0 Å². The van der Waals surface area contributed by atoms with Crippen molar-refractivity contribution in [3.8, 4) is 0 Å². The molecular weight excluding hydrogens is 384 g/mol. The highest BCUT2D eigenvalue weighted by Gasteiger charge is 2.21. The maximum Gasteiger partial charge on any atom is 0.251 e. The fourth-order valence-corrected chi connectivity index (χ4v) is 3.81. The van der Waals surface area contributed by atoms with Gasteiger partial charge in [-0.3, -0.25) is 9.59 Å². The zero-order chi connectivity index (χ0) is 20.5. The average Bonchev–Trinajstić information content (AvgIpc) is 3.30. The smallest absolute Gasteiger partial charge is 0.251 e. The van der Waals surface area contributed by atoms with Gasteiger partial charge in [-0.05, 0) is 61.1 Å². The molecule has 1 aliphatic rings. The van der Waals surface area contributed by atoms with E-state index < -0.39 is 6.04 Å². The van der Waals surface area contributed by atoms with E-state index in [0.29, 0.717) is 18.5 Å². The van der Waals surface area contributed by atoms with Gasteiger partial charge in [-0.2, -0.15) is 11.8 Å². The lowest BCUT2D eigenvalue weighted by Crippen LogP contribution is -2.46. The molecule has 7 heteroatoms. The molecule has 154 valence electrons. The molecule has 0 radical (unpaired) electrons. The van der Waals surface area contributed by atoms with E-state index in [1.807, 2.05) is 36.6 Å². The minimum Gasteiger partial charge on any atom is -0.357 e. The molecule has 1 saturated heterocycles. The van der Waals surface area contributed by atoms with Crippen LogP contribution in [0, 0.1) is 0 Å². The molecule has 1 atom stereocenters. The number of hydrogen-bond acceptors (Lipinski definition) is 5. The zero-order valence-corrected chi connectivity index (χ0v) is 17.6. The zero-order valence-electron chi connectivity index (χ0n) is 16.8. The maximum atomic E-state index is 12.8. The summed E-state index contributed by atoms with van der Waals surface area (Å²) in [5.41, 5.74) is 1.56. The number of hydrogen-bond donors (Lipinski definition) is 2. The van der Waals surface area contributed by atoms with Crippen LogP contribution in [0.15, 0.2) is 48.7 Å². The Labute approximate surface area is 176 Å². The first-order chi connectivity index (χ1) is 14.2. The molecular formula is C22H28N4O2S. The Bertz CT molecular complexity index is 809. The molecule has 1 aromatic carbocycles. The fraction of sp³-hybridized carbons (Fsp3) is 0.409. The minimum absolute atomic E-state index is 0.164. The lowest BCUT2D eigenvalue weighted by Gasteiger charge is -2.19. The van der Waals surface area contributed by atoms with Gasteiger partial charge in [-0.1, -0.05) is 18.2 Å². The van der Waals surface area contributed by atoms with Crippen LogP contribution in [0.3, 0.4) is 0 Å². The number of rotatable bonds is 9. The Kier molecular flexibility index (Phi) is 7.93. The van der Waals surface area contributed by atoms with Crippen LogP contribution >= 0.6 is 11.8 Å². The third kappa shape index (κ3) is 6.22. The number of nitrogens with zero attached hydrogens (tertiary/aromatic N) is 2. The van der Waals surface area contributed by atoms with Crippen LogP contribution in [-0.2, 0) is 11.3 Å². The summed E-state index contributed by atoms with van der Waals surface area (Å²) in [6.45, 7) is 2.48. The van der Waals surface area contributed by atoms with Gasteiger partial charge in [-0.15, -0.1) is 0 Å². The molecule has 3 rings (SSSR count). The van der Waals surface area contributed by atoms with Crippen LogP contribution in [0.5, 0.6) is 0 Å². The summed E-state index contributed by atoms with van der Waals surface area (Å²) >= 11 is 1.66. The van der Waals surface area contributed by atoms with Crippen molar-refractivity contribution >= 4 is 29.4 Å². The number of pyridine rings is 1. The Hall–Kier alpha value is -2.54. The van der Waals surface area contributed by atoms with Crippen LogP contribution in [0.4, 0.5) is 5.82 Å². The van der Waals surface area contributed by atoms with Crippen molar-refractivity contribution in [1.29, 1.82) is 0 Å². The molecule has 1 aliphatic heterocycles. The van der Waals surface area contributed by atoms with Gasteiger partial charge in [0.15, 0.2) is 0 Å². The standard InChI is InChI=1S/C22H28N4O2S/c1-29-14-10-19(25-21(27)18-7-3-2-4-8-18)22(28)24-16-17-9-11-23-20(15-17)26-12-5-6-13-26/h2-4,7-9,11,15,19H,5-6,10,12-14,16H2,1H3,(H,24,28)(H,25,27). The van der Waals surface area contributed by atoms with E-state index in [-0.39, 0.29) is 11.8 Å². The van der Waals surface area contributed by atoms with E-state index in [2.05, 4.69) is 20.5 Å². The third-order valence-corrected chi connectivity index (χ3v) is 5.62. The molecule has 2 heterocycles. The second-order valence-electron chi connectivity index (χ2n) is 7.11. The average molecular weight is 413 g/mol. The first-order valence-electron chi connectivity index (χ1n) is 10.00. The van der Waals surface area contributed by atoms with Crippen molar-refractivity contribution in [1.82, 2.24) is 15.6 Å². The van der Waals surface area contributed by atoms with Crippen LogP contribution in [-0.4, -0.2) is 47.9 Å². The van der Waals surface area contributed by atoms with Crippen molar-refractivity contribution in [2.75, 3.05) is 30.0 Å². The number of anilines is 1. The summed E-state index contributed by atoms with van der Waals surface area (Å²) in [4.78, 5) is 32.0. The number of carbonyl (C=O) groups excluding carboxylic acids is 2. The quantitative estimate of drug-likeness (QED) is 0.663. The molecule has 6 nitrogen and oxygen atoms in total. The van der Waals surface area contributed by atoms with E-state index >= 15 is 0 Å². The van der Waals surface area contributed by atoms with Crippen molar-refractivity contribution in [2.24, 2.45) is 0 Å². The van der Waals surface area contributed by atoms with Gasteiger partial charge in [0.05, 0.1) is 0 Å². The first-order valence-corrected chi connectivity index (χ1v) is 11.4. The van der Waals surface area contributed by atoms with Gasteiger partial charge < -0.3 is 15.5 Å². The highest BCUT2D eigenvalue weighted by Crippen LogP contribution is 2.18. The summed E-state index contributed by atoms with van der Waals surface area (Å²) in [6, 6.07) is 12.4. The van der Waals surface area contributed by atoms with Crippen molar-refractivity contribution in [3.63, 3.8) is 0 Å². The van der Waals surface area contributed by atoms with E-state index in [1.54, 1.807) is 30.1 Å². The summed E-state index contributed by atoms with van der Waals surface area (Å²) in [6.07, 6.45) is 6.76. The lowest BCUT2D eigenvalue weighted by molar-refractivity contribution is -0.123. The predicted octanol–water partition coefficient (Wildman–Crippen LogP) is 2.85. The molecule has 0 saturated carbocycles. The minimum atomic E-state index is -0.560. The number of thioether (sulfide) groups is 1. The fourth-order valence-electron chi connectivity index (χ4n) is 3.34. The summed E-state index contributed by atoms with van der Waals surface area (Å²) in [5.74, 6) is 1.36. The van der Waals surface area contributed by atoms with E-state index in [1.165, 1.54) is 12.8 Å². The maximum absolute atomic E-state index is 12.8. The number of amides is 2. The molecule has 2 amide bonds. The molecule has 1 aromatic heterocycles. The number of aromatic nitrogens is 1. The molecule has 29 heavy (non-hydrogen) atoms. The van der Waals surface area contributed by atoms with Crippen LogP contribution < -0.4 is 15.5 Å². The summed E-state index contributed by atoms with van der Waals surface area (Å²) in [7, 11) is 0. The van der Waals surface area contributed by atoms with Crippen molar-refractivity contribution in [3.05, 3.63) is 59.8 Å². The van der Waals surface area contributed by atoms with Gasteiger partial charge in [0.2, 0.25) is 5.91 Å². The number of nitrogens with one attached hydrogen (secondary N) is 2. The highest BCUT2D eigenvalue weighted by atomic mass is 32.2. The highest BCUT2D eigenvalue weighted by molar-refractivity contribution is 7.98. The first kappa shape index (κ1) is 21.2. The molecule has 0 aliphatic carbocycles. The van der Waals surface area contributed by atoms with Crippen LogP contribution in [0.1, 0.15) is 35.2 Å². The van der Waals surface area contributed by atoms with E-state index in [0.717, 1.165) is 30.2 Å². The Morgan fingerprint density at radius 1 is 1.17 bits per heavy atom. The van der Waals surface area contributed by atoms with Gasteiger partial charge in [0.25, 0.3) is 5.91 Å². The molecule has 1 unspecified atom stereocenters. The monoisotopic (exact) mass is 412 g/mol. The van der Waals surface area contributed by atoms with Crippen LogP contribution in [0.25, 0.3) is 0 Å². The van der Waals surface area contributed by atoms with Crippen molar-refractivity contribution in [2.45, 2.75) is 31.8 Å². The molecule has 0 spiro atoms. The number of carbonyl (C=O) groups is 2. The normalized spacial score (nSPS) is 14.4. The Morgan fingerprint density at radius 3 is 2.66 bits per heavy atom. The van der Waals surface area contributed by atoms with E-state index in [9.17, 15) is 9.59 Å². The molecule has 2 N–H and O–H groups in total. The van der Waals surface area contributed by atoms with E-state index in [4.69, 9.17) is 0 Å². The summed E-state index contributed by atoms with van der Waals surface area (Å²) in [5, 5.41) is 5.85. The molecule has 1 fully saturated rings. The number of benzene rings is 1. The second kappa shape index (κ2) is 10.9. The van der Waals surface area contributed by atoms with Gasteiger partial charge in [0, 0.05) is 31.4 Å². The Morgan fingerprint density at radius 2 is 1.93 bits per heavy atom. The van der Waals surface area contributed by atoms with Crippen LogP contribution in [0.2, 0.25) is 0 Å². The van der Waals surface area contributed by atoms with Gasteiger partial charge in [0.1, 0.15) is 11.9 Å². The lowest BCUT2D eigenvalue weighted by atomic mass is 10.1. The predicted molar refractivity (Wildman–Crippen MR) is 118 cm³/mol. The topological polar surface area (TPSA) is 74.3 Å². The molecule has 2 aromatic rings. The largest absolute Gasteiger partial charge is 0.357 e. The second-order valence-corrected chi connectivity index (χ2v) is 8.09. The Balaban J connectivity index is 1.59. The third-order valence-electron chi connectivity index (χ3n) is 4.98.